The average molecular weight is 569 g/mol. The topological polar surface area (TPSA) is 34.0 Å². The summed E-state index contributed by atoms with van der Waals surface area (Å²) < 4.78 is 129. The molecule has 0 unspecified atom stereocenters. The Hall–Kier alpha value is -2.47. The first-order valence-corrected chi connectivity index (χ1v) is 12.7. The van der Waals surface area contributed by atoms with Gasteiger partial charge in [-0.05, 0) is 50.5 Å². The predicted octanol–water partition coefficient (Wildman–Crippen LogP) is 8.31. The van der Waals surface area contributed by atoms with E-state index >= 15 is 4.39 Å². The molecule has 0 fully saturated rings. The SMILES string of the molecule is CC(C)(C)Cn1cc([C@H](N[S@@](=O)C(C)(C)C)C(F)(F)F)c2cc(F)c(-c3c(F)cccc3C(F)(F)F)cc21. The highest BCUT2D eigenvalue weighted by molar-refractivity contribution is 7.84. The number of alkyl halides is 6. The molecule has 1 heterocycles. The number of hydrogen-bond donors (Lipinski definition) is 1. The number of halogens is 8. The van der Waals surface area contributed by atoms with E-state index in [9.17, 15) is 34.9 Å². The van der Waals surface area contributed by atoms with E-state index in [1.54, 1.807) is 20.8 Å². The van der Waals surface area contributed by atoms with Crippen LogP contribution in [0.4, 0.5) is 35.1 Å². The van der Waals surface area contributed by atoms with Gasteiger partial charge in [-0.2, -0.15) is 26.3 Å². The minimum atomic E-state index is -5.01. The van der Waals surface area contributed by atoms with Gasteiger partial charge in [0.2, 0.25) is 0 Å². The third-order valence-electron chi connectivity index (χ3n) is 5.65. The predicted molar refractivity (Wildman–Crippen MR) is 132 cm³/mol. The molecule has 0 spiro atoms. The van der Waals surface area contributed by atoms with E-state index in [1.807, 2.05) is 0 Å². The molecule has 1 N–H and O–H groups in total. The van der Waals surface area contributed by atoms with Crippen LogP contribution >= 0.6 is 0 Å². The van der Waals surface area contributed by atoms with Gasteiger partial charge >= 0.3 is 12.4 Å². The van der Waals surface area contributed by atoms with E-state index in [4.69, 9.17) is 0 Å². The molecule has 0 saturated carbocycles. The quantitative estimate of drug-likeness (QED) is 0.309. The minimum absolute atomic E-state index is 0.0275. The third kappa shape index (κ3) is 6.39. The molecule has 2 aromatic carbocycles. The number of hydrogen-bond acceptors (Lipinski definition) is 1. The number of nitrogens with one attached hydrogen (secondary N) is 1. The first-order chi connectivity index (χ1) is 17.1. The Kier molecular flexibility index (Phi) is 7.86. The maximum atomic E-state index is 15.4. The van der Waals surface area contributed by atoms with Crippen LogP contribution < -0.4 is 4.72 Å². The van der Waals surface area contributed by atoms with Crippen LogP contribution in [0.3, 0.4) is 0 Å². The molecule has 0 saturated heterocycles. The highest BCUT2D eigenvalue weighted by Crippen LogP contribution is 2.43. The van der Waals surface area contributed by atoms with Gasteiger partial charge in [0, 0.05) is 40.3 Å². The fourth-order valence-corrected chi connectivity index (χ4v) is 4.85. The number of aromatic nitrogens is 1. The van der Waals surface area contributed by atoms with Crippen LogP contribution in [-0.2, 0) is 23.7 Å². The van der Waals surface area contributed by atoms with Gasteiger partial charge in [0.1, 0.15) is 17.7 Å². The van der Waals surface area contributed by atoms with Crippen molar-refractivity contribution in [2.24, 2.45) is 5.41 Å². The van der Waals surface area contributed by atoms with Gasteiger partial charge in [0.25, 0.3) is 0 Å². The fourth-order valence-electron chi connectivity index (χ4n) is 4.03. The van der Waals surface area contributed by atoms with Gasteiger partial charge in [-0.25, -0.2) is 17.7 Å². The second kappa shape index (κ2) is 9.93. The lowest BCUT2D eigenvalue weighted by atomic mass is 9.95. The molecule has 38 heavy (non-hydrogen) atoms. The zero-order valence-electron chi connectivity index (χ0n) is 21.5. The number of benzene rings is 2. The number of fused-ring (bicyclic) bond motifs is 1. The lowest BCUT2D eigenvalue weighted by molar-refractivity contribution is -0.152. The summed E-state index contributed by atoms with van der Waals surface area (Å²) in [4.78, 5) is 0. The van der Waals surface area contributed by atoms with Gasteiger partial charge in [0.15, 0.2) is 0 Å². The second-order valence-electron chi connectivity index (χ2n) is 11.3. The van der Waals surface area contributed by atoms with Crippen LogP contribution in [0.25, 0.3) is 22.0 Å². The molecule has 0 aliphatic carbocycles. The Morgan fingerprint density at radius 1 is 0.921 bits per heavy atom. The largest absolute Gasteiger partial charge is 0.417 e. The Bertz CT molecular complexity index is 1360. The molecular weight excluding hydrogens is 540 g/mol. The van der Waals surface area contributed by atoms with E-state index in [0.717, 1.165) is 24.4 Å². The molecule has 0 amide bonds. The van der Waals surface area contributed by atoms with Crippen molar-refractivity contribution in [3.63, 3.8) is 0 Å². The van der Waals surface area contributed by atoms with Crippen LogP contribution in [0.1, 0.15) is 58.7 Å². The summed E-state index contributed by atoms with van der Waals surface area (Å²) in [5.74, 6) is -2.66. The molecule has 0 aliphatic rings. The van der Waals surface area contributed by atoms with E-state index < -0.39 is 73.4 Å². The van der Waals surface area contributed by atoms with Crippen LogP contribution in [-0.4, -0.2) is 19.7 Å². The standard InChI is InChI=1S/C26H28F8N2OS/c1-23(2,3)13-36-12-16(22(26(32,33)34)35-38(37)24(4,5)6)14-10-19(28)15(11-20(14)36)21-17(25(29,30)31)8-7-9-18(21)27/h7-12,22,35H,13H2,1-6H3/t22-,38-/m0/s1. The first-order valence-electron chi connectivity index (χ1n) is 11.5. The molecule has 2 atom stereocenters. The van der Waals surface area contributed by atoms with Crippen molar-refractivity contribution < 1.29 is 39.3 Å². The van der Waals surface area contributed by atoms with Gasteiger partial charge in [-0.3, -0.25) is 0 Å². The molecule has 3 rings (SSSR count). The summed E-state index contributed by atoms with van der Waals surface area (Å²) in [6, 6.07) is 1.32. The van der Waals surface area contributed by atoms with E-state index in [2.05, 4.69) is 4.72 Å². The Balaban J connectivity index is 2.37. The zero-order chi connectivity index (χ0) is 29.0. The van der Waals surface area contributed by atoms with Crippen molar-refractivity contribution in [1.29, 1.82) is 0 Å². The summed E-state index contributed by atoms with van der Waals surface area (Å²) in [6.45, 7) is 9.90. The van der Waals surface area contributed by atoms with Crippen molar-refractivity contribution in [1.82, 2.24) is 9.29 Å². The summed E-state index contributed by atoms with van der Waals surface area (Å²) in [5, 5.41) is -0.249. The molecule has 0 radical (unpaired) electrons. The second-order valence-corrected chi connectivity index (χ2v) is 13.3. The lowest BCUT2D eigenvalue weighted by Crippen LogP contribution is -2.41. The van der Waals surface area contributed by atoms with Gasteiger partial charge in [0.05, 0.1) is 21.3 Å². The number of rotatable bonds is 5. The fraction of sp³-hybridized carbons (Fsp3) is 0.462. The Morgan fingerprint density at radius 3 is 2.03 bits per heavy atom. The molecule has 12 heteroatoms. The molecular formula is C26H28F8N2OS. The third-order valence-corrected chi connectivity index (χ3v) is 7.22. The van der Waals surface area contributed by atoms with Crippen molar-refractivity contribution >= 4 is 21.9 Å². The van der Waals surface area contributed by atoms with Crippen LogP contribution in [0.15, 0.2) is 36.5 Å². The average Bonchev–Trinajstić information content (AvgIpc) is 3.04. The van der Waals surface area contributed by atoms with Crippen molar-refractivity contribution in [3.8, 4) is 11.1 Å². The normalized spacial score (nSPS) is 15.2. The van der Waals surface area contributed by atoms with Crippen LogP contribution in [0.5, 0.6) is 0 Å². The smallest absolute Gasteiger partial charge is 0.347 e. The molecule has 1 aromatic heterocycles. The molecule has 3 aromatic rings. The molecule has 0 bridgehead atoms. The molecule has 0 aliphatic heterocycles. The zero-order valence-corrected chi connectivity index (χ0v) is 22.4. The van der Waals surface area contributed by atoms with Crippen LogP contribution in [0, 0.1) is 17.0 Å². The Morgan fingerprint density at radius 2 is 1.53 bits per heavy atom. The van der Waals surface area contributed by atoms with Crippen LogP contribution in [0.2, 0.25) is 0 Å². The minimum Gasteiger partial charge on any atom is -0.347 e. The molecule has 210 valence electrons. The van der Waals surface area contributed by atoms with Gasteiger partial charge in [-0.1, -0.05) is 26.8 Å². The lowest BCUT2D eigenvalue weighted by Gasteiger charge is -2.26. The van der Waals surface area contributed by atoms with Crippen molar-refractivity contribution in [2.45, 2.75) is 71.2 Å². The van der Waals surface area contributed by atoms with Crippen molar-refractivity contribution in [3.05, 3.63) is 59.3 Å². The summed E-state index contributed by atoms with van der Waals surface area (Å²) in [5.41, 5.74) is -4.19. The maximum Gasteiger partial charge on any atom is 0.417 e. The Labute approximate surface area is 217 Å². The van der Waals surface area contributed by atoms with E-state index in [-0.39, 0.29) is 17.4 Å². The molecule has 3 nitrogen and oxygen atoms in total. The van der Waals surface area contributed by atoms with Crippen molar-refractivity contribution in [2.75, 3.05) is 0 Å². The van der Waals surface area contributed by atoms with E-state index in [1.165, 1.54) is 25.3 Å². The monoisotopic (exact) mass is 568 g/mol. The number of nitrogens with zero attached hydrogens (tertiary/aromatic N) is 1. The first kappa shape index (κ1) is 30.1. The summed E-state index contributed by atoms with van der Waals surface area (Å²) >= 11 is 0. The summed E-state index contributed by atoms with van der Waals surface area (Å²) in [6.07, 6.45) is -8.85. The van der Waals surface area contributed by atoms with Gasteiger partial charge < -0.3 is 4.57 Å². The van der Waals surface area contributed by atoms with E-state index in [0.29, 0.717) is 12.1 Å². The maximum absolute atomic E-state index is 15.4. The summed E-state index contributed by atoms with van der Waals surface area (Å²) in [7, 11) is -2.17. The van der Waals surface area contributed by atoms with Gasteiger partial charge in [-0.15, -0.1) is 0 Å². The highest BCUT2D eigenvalue weighted by Gasteiger charge is 2.45. The highest BCUT2D eigenvalue weighted by atomic mass is 32.2.